The van der Waals surface area contributed by atoms with Gasteiger partial charge in [-0.2, -0.15) is 0 Å². The highest BCUT2D eigenvalue weighted by molar-refractivity contribution is 5.94. The minimum atomic E-state index is -0.528. The highest BCUT2D eigenvalue weighted by Gasteiger charge is 2.12. The van der Waals surface area contributed by atoms with E-state index >= 15 is 0 Å². The van der Waals surface area contributed by atoms with Crippen molar-refractivity contribution in [2.75, 3.05) is 19.7 Å². The van der Waals surface area contributed by atoms with Gasteiger partial charge in [-0.05, 0) is 74.5 Å². The number of hydrogen-bond donors (Lipinski definition) is 0. The number of amides is 1. The van der Waals surface area contributed by atoms with E-state index in [1.807, 2.05) is 44.2 Å². The third-order valence-corrected chi connectivity index (χ3v) is 4.54. The molecule has 0 aliphatic carbocycles. The number of esters is 1. The van der Waals surface area contributed by atoms with Crippen LogP contribution < -0.4 is 14.2 Å². The van der Waals surface area contributed by atoms with E-state index in [9.17, 15) is 9.59 Å². The van der Waals surface area contributed by atoms with Crippen LogP contribution in [0.1, 0.15) is 24.2 Å². The van der Waals surface area contributed by atoms with Crippen LogP contribution in [0.15, 0.2) is 78.9 Å². The molecular formula is C25H25NO5. The second-order valence-electron chi connectivity index (χ2n) is 6.65. The summed E-state index contributed by atoms with van der Waals surface area (Å²) in [6, 6.07) is 22.9. The van der Waals surface area contributed by atoms with E-state index in [2.05, 4.69) is 0 Å². The van der Waals surface area contributed by atoms with Crippen LogP contribution in [-0.4, -0.2) is 36.5 Å². The van der Waals surface area contributed by atoms with E-state index in [0.717, 1.165) is 5.75 Å². The van der Waals surface area contributed by atoms with Crippen molar-refractivity contribution in [2.24, 2.45) is 0 Å². The Morgan fingerprint density at radius 3 is 1.87 bits per heavy atom. The SMILES string of the molecule is CCN(CC)C(=O)c1ccc(OCC(=O)Oc2ccc(Oc3ccccc3)cc2)cc1. The number of carbonyl (C=O) groups excluding carboxylic acids is 2. The third-order valence-electron chi connectivity index (χ3n) is 4.54. The molecule has 0 saturated carbocycles. The maximum Gasteiger partial charge on any atom is 0.349 e. The minimum absolute atomic E-state index is 0.0318. The van der Waals surface area contributed by atoms with Crippen LogP contribution in [0.3, 0.4) is 0 Å². The van der Waals surface area contributed by atoms with Gasteiger partial charge in [0.15, 0.2) is 6.61 Å². The van der Waals surface area contributed by atoms with E-state index in [1.165, 1.54) is 0 Å². The summed E-state index contributed by atoms with van der Waals surface area (Å²) in [6.07, 6.45) is 0. The molecule has 0 fully saturated rings. The first-order valence-corrected chi connectivity index (χ1v) is 10.1. The van der Waals surface area contributed by atoms with Gasteiger partial charge < -0.3 is 19.1 Å². The van der Waals surface area contributed by atoms with Crippen molar-refractivity contribution < 1.29 is 23.8 Å². The summed E-state index contributed by atoms with van der Waals surface area (Å²) in [6.45, 7) is 4.94. The fourth-order valence-electron chi connectivity index (χ4n) is 2.89. The summed E-state index contributed by atoms with van der Waals surface area (Å²) in [4.78, 5) is 26.1. The first-order valence-electron chi connectivity index (χ1n) is 10.1. The maximum absolute atomic E-state index is 12.3. The second kappa shape index (κ2) is 10.8. The monoisotopic (exact) mass is 419 g/mol. The van der Waals surface area contributed by atoms with Gasteiger partial charge >= 0.3 is 5.97 Å². The van der Waals surface area contributed by atoms with Gasteiger partial charge in [0.2, 0.25) is 0 Å². The zero-order chi connectivity index (χ0) is 22.1. The van der Waals surface area contributed by atoms with Crippen LogP contribution in [0.25, 0.3) is 0 Å². The molecule has 0 heterocycles. The standard InChI is InChI=1S/C25H25NO5/c1-3-26(4-2)25(28)19-10-12-20(13-11-19)29-18-24(27)31-23-16-14-22(15-17-23)30-21-8-6-5-7-9-21/h5-17H,3-4,18H2,1-2H3. The van der Waals surface area contributed by atoms with Gasteiger partial charge in [-0.25, -0.2) is 4.79 Å². The molecule has 0 radical (unpaired) electrons. The van der Waals surface area contributed by atoms with Crippen molar-refractivity contribution in [2.45, 2.75) is 13.8 Å². The Morgan fingerprint density at radius 2 is 1.26 bits per heavy atom. The predicted octanol–water partition coefficient (Wildman–Crippen LogP) is 4.95. The van der Waals surface area contributed by atoms with Crippen molar-refractivity contribution in [1.29, 1.82) is 0 Å². The molecule has 3 rings (SSSR count). The lowest BCUT2D eigenvalue weighted by Crippen LogP contribution is -2.30. The van der Waals surface area contributed by atoms with Crippen molar-refractivity contribution in [3.05, 3.63) is 84.4 Å². The van der Waals surface area contributed by atoms with Crippen LogP contribution in [0.2, 0.25) is 0 Å². The summed E-state index contributed by atoms with van der Waals surface area (Å²) < 4.78 is 16.5. The number of hydrogen-bond acceptors (Lipinski definition) is 5. The summed E-state index contributed by atoms with van der Waals surface area (Å²) in [5.41, 5.74) is 0.580. The van der Waals surface area contributed by atoms with E-state index < -0.39 is 5.97 Å². The minimum Gasteiger partial charge on any atom is -0.482 e. The van der Waals surface area contributed by atoms with Gasteiger partial charge in [0.25, 0.3) is 5.91 Å². The van der Waals surface area contributed by atoms with Gasteiger partial charge in [-0.3, -0.25) is 4.79 Å². The average molecular weight is 419 g/mol. The molecule has 0 aliphatic rings. The lowest BCUT2D eigenvalue weighted by molar-refractivity contribution is -0.136. The lowest BCUT2D eigenvalue weighted by Gasteiger charge is -2.18. The van der Waals surface area contributed by atoms with Gasteiger partial charge in [0, 0.05) is 18.7 Å². The fraction of sp³-hybridized carbons (Fsp3) is 0.200. The molecule has 0 N–H and O–H groups in total. The molecule has 0 bridgehead atoms. The summed E-state index contributed by atoms with van der Waals surface area (Å²) in [5.74, 6) is 1.69. The summed E-state index contributed by atoms with van der Waals surface area (Å²) in [7, 11) is 0. The smallest absolute Gasteiger partial charge is 0.349 e. The maximum atomic E-state index is 12.3. The summed E-state index contributed by atoms with van der Waals surface area (Å²) in [5, 5.41) is 0. The zero-order valence-electron chi connectivity index (χ0n) is 17.6. The Labute approximate surface area is 182 Å². The number of para-hydroxylation sites is 1. The Balaban J connectivity index is 1.48. The van der Waals surface area contributed by atoms with Crippen LogP contribution >= 0.6 is 0 Å². The van der Waals surface area contributed by atoms with Crippen LogP contribution in [0, 0.1) is 0 Å². The number of ether oxygens (including phenoxy) is 3. The van der Waals surface area contributed by atoms with Crippen molar-refractivity contribution >= 4 is 11.9 Å². The van der Waals surface area contributed by atoms with Crippen molar-refractivity contribution in [3.8, 4) is 23.0 Å². The third kappa shape index (κ3) is 6.34. The Hall–Kier alpha value is -3.80. The molecule has 31 heavy (non-hydrogen) atoms. The van der Waals surface area contributed by atoms with Gasteiger partial charge in [0.05, 0.1) is 0 Å². The number of carbonyl (C=O) groups is 2. The van der Waals surface area contributed by atoms with E-state index in [4.69, 9.17) is 14.2 Å². The molecule has 0 atom stereocenters. The first kappa shape index (κ1) is 21.9. The average Bonchev–Trinajstić information content (AvgIpc) is 2.81. The van der Waals surface area contributed by atoms with Crippen LogP contribution in [-0.2, 0) is 4.79 Å². The first-order chi connectivity index (χ1) is 15.1. The van der Waals surface area contributed by atoms with E-state index in [0.29, 0.717) is 35.9 Å². The van der Waals surface area contributed by atoms with Crippen molar-refractivity contribution in [3.63, 3.8) is 0 Å². The molecule has 0 spiro atoms. The molecule has 3 aromatic rings. The molecular weight excluding hydrogens is 394 g/mol. The Kier molecular flexibility index (Phi) is 7.65. The molecule has 0 aromatic heterocycles. The molecule has 0 aliphatic heterocycles. The zero-order valence-corrected chi connectivity index (χ0v) is 17.6. The highest BCUT2D eigenvalue weighted by Crippen LogP contribution is 2.23. The van der Waals surface area contributed by atoms with Crippen molar-refractivity contribution in [1.82, 2.24) is 4.90 Å². The van der Waals surface area contributed by atoms with Gasteiger partial charge in [0.1, 0.15) is 23.0 Å². The van der Waals surface area contributed by atoms with E-state index in [-0.39, 0.29) is 12.5 Å². The molecule has 3 aromatic carbocycles. The number of benzene rings is 3. The molecule has 1 amide bonds. The largest absolute Gasteiger partial charge is 0.482 e. The Morgan fingerprint density at radius 1 is 0.710 bits per heavy atom. The summed E-state index contributed by atoms with van der Waals surface area (Å²) >= 11 is 0. The molecule has 6 nitrogen and oxygen atoms in total. The normalized spacial score (nSPS) is 10.3. The molecule has 0 unspecified atom stereocenters. The molecule has 0 saturated heterocycles. The molecule has 6 heteroatoms. The lowest BCUT2D eigenvalue weighted by atomic mass is 10.2. The quantitative estimate of drug-likeness (QED) is 0.363. The van der Waals surface area contributed by atoms with E-state index in [1.54, 1.807) is 53.4 Å². The second-order valence-corrected chi connectivity index (χ2v) is 6.65. The van der Waals surface area contributed by atoms with Gasteiger partial charge in [-0.15, -0.1) is 0 Å². The topological polar surface area (TPSA) is 65.1 Å². The molecule has 160 valence electrons. The van der Waals surface area contributed by atoms with Crippen LogP contribution in [0.4, 0.5) is 0 Å². The van der Waals surface area contributed by atoms with Gasteiger partial charge in [-0.1, -0.05) is 18.2 Å². The Bertz CT molecular complexity index is 981. The van der Waals surface area contributed by atoms with Crippen LogP contribution in [0.5, 0.6) is 23.0 Å². The predicted molar refractivity (Wildman–Crippen MR) is 118 cm³/mol. The fourth-order valence-corrected chi connectivity index (χ4v) is 2.89. The highest BCUT2D eigenvalue weighted by atomic mass is 16.6. The number of nitrogens with zero attached hydrogens (tertiary/aromatic N) is 1. The number of rotatable bonds is 9.